The number of benzene rings is 1. The number of likely N-dealkylation sites (tertiary alicyclic amines) is 1. The lowest BCUT2D eigenvalue weighted by molar-refractivity contribution is -0.129. The van der Waals surface area contributed by atoms with Gasteiger partial charge in [0.25, 0.3) is 5.91 Å². The van der Waals surface area contributed by atoms with Gasteiger partial charge in [-0.05, 0) is 30.5 Å². The van der Waals surface area contributed by atoms with Crippen LogP contribution in [0.15, 0.2) is 29.3 Å². The average molecular weight is 501 g/mol. The molecule has 1 fully saturated rings. The Morgan fingerprint density at radius 1 is 1.25 bits per heavy atom. The minimum absolute atomic E-state index is 0. The number of halogens is 1. The number of hydrogen-bond acceptors (Lipinski definition) is 3. The third-order valence-corrected chi connectivity index (χ3v) is 4.59. The van der Waals surface area contributed by atoms with E-state index in [2.05, 4.69) is 20.9 Å². The molecule has 1 saturated heterocycles. The Hall–Kier alpha value is -1.84. The maximum absolute atomic E-state index is 12.1. The van der Waals surface area contributed by atoms with Crippen LogP contribution in [0.2, 0.25) is 0 Å². The molecule has 0 bridgehead atoms. The van der Waals surface area contributed by atoms with Crippen LogP contribution in [0.3, 0.4) is 0 Å². The lowest BCUT2D eigenvalue weighted by atomic mass is 10.1. The number of carbonyl (C=O) groups excluding carboxylic acids is 2. The van der Waals surface area contributed by atoms with E-state index < -0.39 is 0 Å². The van der Waals surface area contributed by atoms with E-state index in [1.165, 1.54) is 0 Å². The molecular formula is C20H32IN5O2. The number of guanidine groups is 1. The van der Waals surface area contributed by atoms with Crippen molar-refractivity contribution < 1.29 is 9.59 Å². The molecule has 2 amide bonds. The van der Waals surface area contributed by atoms with Gasteiger partial charge >= 0.3 is 0 Å². The molecule has 1 aliphatic heterocycles. The second kappa shape index (κ2) is 12.6. The van der Waals surface area contributed by atoms with E-state index in [-0.39, 0.29) is 41.8 Å². The van der Waals surface area contributed by atoms with Crippen molar-refractivity contribution >= 4 is 41.8 Å². The summed E-state index contributed by atoms with van der Waals surface area (Å²) in [4.78, 5) is 30.0. The lowest BCUT2D eigenvalue weighted by Gasteiger charge is -2.19. The van der Waals surface area contributed by atoms with Crippen molar-refractivity contribution in [2.75, 3.05) is 26.7 Å². The SMILES string of the molecule is CCCNC(=O)c1cccc(CNC(=NC)NC2CCN(C(=O)CC)C2)c1.I. The van der Waals surface area contributed by atoms with E-state index in [9.17, 15) is 9.59 Å². The summed E-state index contributed by atoms with van der Waals surface area (Å²) < 4.78 is 0. The zero-order valence-electron chi connectivity index (χ0n) is 17.0. The number of nitrogens with one attached hydrogen (secondary N) is 3. The molecule has 2 rings (SSSR count). The van der Waals surface area contributed by atoms with Crippen molar-refractivity contribution in [2.24, 2.45) is 4.99 Å². The van der Waals surface area contributed by atoms with E-state index in [0.29, 0.717) is 37.6 Å². The number of carbonyl (C=O) groups is 2. The van der Waals surface area contributed by atoms with Crippen LogP contribution >= 0.6 is 24.0 Å². The molecule has 0 radical (unpaired) electrons. The Morgan fingerprint density at radius 3 is 2.71 bits per heavy atom. The molecule has 1 heterocycles. The van der Waals surface area contributed by atoms with Gasteiger partial charge in [-0.3, -0.25) is 14.6 Å². The summed E-state index contributed by atoms with van der Waals surface area (Å²) >= 11 is 0. The van der Waals surface area contributed by atoms with E-state index in [4.69, 9.17) is 0 Å². The fourth-order valence-corrected chi connectivity index (χ4v) is 3.07. The van der Waals surface area contributed by atoms with Gasteiger partial charge in [-0.2, -0.15) is 0 Å². The monoisotopic (exact) mass is 501 g/mol. The first-order valence-electron chi connectivity index (χ1n) is 9.69. The number of amides is 2. The third kappa shape index (κ3) is 7.29. The van der Waals surface area contributed by atoms with Crippen molar-refractivity contribution in [2.45, 2.75) is 45.7 Å². The number of hydrogen-bond donors (Lipinski definition) is 3. The van der Waals surface area contributed by atoms with E-state index in [1.54, 1.807) is 7.05 Å². The summed E-state index contributed by atoms with van der Waals surface area (Å²) in [7, 11) is 1.73. The fourth-order valence-electron chi connectivity index (χ4n) is 3.07. The molecule has 1 atom stereocenters. The second-order valence-electron chi connectivity index (χ2n) is 6.71. The quantitative estimate of drug-likeness (QED) is 0.304. The summed E-state index contributed by atoms with van der Waals surface area (Å²) in [6.45, 7) is 6.66. The standard InChI is InChI=1S/C20H31N5O2.HI/c1-4-10-22-19(27)16-8-6-7-15(12-16)13-23-20(21-3)24-17-9-11-25(14-17)18(26)5-2;/h6-8,12,17H,4-5,9-11,13-14H2,1-3H3,(H,22,27)(H2,21,23,24);1H. The summed E-state index contributed by atoms with van der Waals surface area (Å²) in [5.41, 5.74) is 1.67. The summed E-state index contributed by atoms with van der Waals surface area (Å²) in [6, 6.07) is 7.79. The third-order valence-electron chi connectivity index (χ3n) is 4.59. The van der Waals surface area contributed by atoms with Crippen LogP contribution in [0.5, 0.6) is 0 Å². The van der Waals surface area contributed by atoms with Crippen LogP contribution < -0.4 is 16.0 Å². The van der Waals surface area contributed by atoms with Crippen molar-refractivity contribution in [1.29, 1.82) is 0 Å². The van der Waals surface area contributed by atoms with Gasteiger partial charge in [0.15, 0.2) is 5.96 Å². The maximum Gasteiger partial charge on any atom is 0.251 e. The highest BCUT2D eigenvalue weighted by molar-refractivity contribution is 14.0. The Balaban J connectivity index is 0.00000392. The van der Waals surface area contributed by atoms with Crippen LogP contribution in [0, 0.1) is 0 Å². The number of nitrogens with zero attached hydrogens (tertiary/aromatic N) is 2. The Bertz CT molecular complexity index is 680. The van der Waals surface area contributed by atoms with Crippen LogP contribution in [0.1, 0.15) is 49.0 Å². The molecule has 7 nitrogen and oxygen atoms in total. The highest BCUT2D eigenvalue weighted by Gasteiger charge is 2.25. The molecule has 1 aromatic rings. The first-order valence-corrected chi connectivity index (χ1v) is 9.69. The number of rotatable bonds is 7. The minimum atomic E-state index is -0.0483. The first-order chi connectivity index (χ1) is 13.1. The van der Waals surface area contributed by atoms with Crippen molar-refractivity contribution in [1.82, 2.24) is 20.9 Å². The van der Waals surface area contributed by atoms with E-state index in [1.807, 2.05) is 43.0 Å². The zero-order valence-corrected chi connectivity index (χ0v) is 19.3. The maximum atomic E-state index is 12.1. The normalized spacial score (nSPS) is 16.3. The molecule has 0 saturated carbocycles. The molecule has 156 valence electrons. The molecular weight excluding hydrogens is 469 g/mol. The van der Waals surface area contributed by atoms with Crippen molar-refractivity contribution in [3.8, 4) is 0 Å². The molecule has 1 unspecified atom stereocenters. The minimum Gasteiger partial charge on any atom is -0.352 e. The second-order valence-corrected chi connectivity index (χ2v) is 6.71. The Labute approximate surface area is 184 Å². The highest BCUT2D eigenvalue weighted by Crippen LogP contribution is 2.10. The van der Waals surface area contributed by atoms with Crippen LogP contribution in [-0.4, -0.2) is 55.4 Å². The Kier molecular flexibility index (Phi) is 10.9. The summed E-state index contributed by atoms with van der Waals surface area (Å²) in [6.07, 6.45) is 2.37. The molecule has 3 N–H and O–H groups in total. The smallest absolute Gasteiger partial charge is 0.251 e. The highest BCUT2D eigenvalue weighted by atomic mass is 127. The van der Waals surface area contributed by atoms with Gasteiger partial charge < -0.3 is 20.9 Å². The van der Waals surface area contributed by atoms with E-state index >= 15 is 0 Å². The van der Waals surface area contributed by atoms with Gasteiger partial charge in [0.05, 0.1) is 0 Å². The molecule has 1 aromatic carbocycles. The summed E-state index contributed by atoms with van der Waals surface area (Å²) in [5, 5.41) is 9.55. The first kappa shape index (κ1) is 24.2. The predicted molar refractivity (Wildman–Crippen MR) is 123 cm³/mol. The van der Waals surface area contributed by atoms with Crippen LogP contribution in [-0.2, 0) is 11.3 Å². The van der Waals surface area contributed by atoms with E-state index in [0.717, 1.165) is 24.9 Å². The van der Waals surface area contributed by atoms with Crippen LogP contribution in [0.4, 0.5) is 0 Å². The molecule has 28 heavy (non-hydrogen) atoms. The molecule has 1 aliphatic rings. The molecule has 0 spiro atoms. The molecule has 0 aromatic heterocycles. The Morgan fingerprint density at radius 2 is 2.04 bits per heavy atom. The largest absolute Gasteiger partial charge is 0.352 e. The van der Waals surface area contributed by atoms with Gasteiger partial charge in [0.1, 0.15) is 0 Å². The van der Waals surface area contributed by atoms with Gasteiger partial charge in [-0.25, -0.2) is 0 Å². The van der Waals surface area contributed by atoms with Gasteiger partial charge in [0.2, 0.25) is 5.91 Å². The fraction of sp³-hybridized carbons (Fsp3) is 0.550. The number of aliphatic imine (C=N–C) groups is 1. The van der Waals surface area contributed by atoms with Crippen molar-refractivity contribution in [3.05, 3.63) is 35.4 Å². The topological polar surface area (TPSA) is 85.8 Å². The van der Waals surface area contributed by atoms with Crippen LogP contribution in [0.25, 0.3) is 0 Å². The molecule has 8 heteroatoms. The zero-order chi connectivity index (χ0) is 19.6. The predicted octanol–water partition coefficient (Wildman–Crippen LogP) is 2.12. The molecule has 0 aliphatic carbocycles. The van der Waals surface area contributed by atoms with Gasteiger partial charge in [-0.15, -0.1) is 24.0 Å². The van der Waals surface area contributed by atoms with Gasteiger partial charge in [0, 0.05) is 51.3 Å². The van der Waals surface area contributed by atoms with Gasteiger partial charge in [-0.1, -0.05) is 26.0 Å². The van der Waals surface area contributed by atoms with Crippen molar-refractivity contribution in [3.63, 3.8) is 0 Å². The lowest BCUT2D eigenvalue weighted by Crippen LogP contribution is -2.44. The average Bonchev–Trinajstić information content (AvgIpc) is 3.17. The summed E-state index contributed by atoms with van der Waals surface area (Å²) in [5.74, 6) is 0.847.